The number of rotatable bonds is 9. The second-order valence-corrected chi connectivity index (χ2v) is 7.95. The fourth-order valence-corrected chi connectivity index (χ4v) is 3.08. The molecule has 0 aliphatic carbocycles. The highest BCUT2D eigenvalue weighted by Crippen LogP contribution is 2.14. The Morgan fingerprint density at radius 1 is 1.42 bits per heavy atom. The minimum Gasteiger partial charge on any atom is -0.313 e. The molecule has 0 saturated heterocycles. The molecule has 110 valence electrons. The van der Waals surface area contributed by atoms with Gasteiger partial charge in [0.25, 0.3) is 0 Å². The Morgan fingerprint density at radius 2 is 2.16 bits per heavy atom. The zero-order chi connectivity index (χ0) is 14.3. The van der Waals surface area contributed by atoms with E-state index in [-0.39, 0.29) is 5.75 Å². The van der Waals surface area contributed by atoms with E-state index in [0.717, 1.165) is 11.7 Å². The largest absolute Gasteiger partial charge is 0.313 e. The molecule has 1 heterocycles. The van der Waals surface area contributed by atoms with Crippen molar-refractivity contribution in [2.45, 2.75) is 38.0 Å². The zero-order valence-corrected chi connectivity index (χ0v) is 13.2. The highest BCUT2D eigenvalue weighted by molar-refractivity contribution is 7.99. The van der Waals surface area contributed by atoms with Crippen LogP contribution in [0.1, 0.15) is 20.3 Å². The van der Waals surface area contributed by atoms with Crippen LogP contribution in [0.3, 0.4) is 0 Å². The van der Waals surface area contributed by atoms with Crippen LogP contribution < -0.4 is 5.32 Å². The van der Waals surface area contributed by atoms with Crippen LogP contribution in [0.5, 0.6) is 0 Å². The number of aromatic nitrogens is 4. The molecule has 0 radical (unpaired) electrons. The van der Waals surface area contributed by atoms with E-state index in [1.54, 1.807) is 4.68 Å². The van der Waals surface area contributed by atoms with Crippen molar-refractivity contribution in [1.29, 1.82) is 0 Å². The van der Waals surface area contributed by atoms with Gasteiger partial charge in [0.15, 0.2) is 0 Å². The third-order valence-electron chi connectivity index (χ3n) is 2.27. The molecule has 1 N–H and O–H groups in total. The molecule has 0 unspecified atom stereocenters. The zero-order valence-electron chi connectivity index (χ0n) is 11.5. The summed E-state index contributed by atoms with van der Waals surface area (Å²) in [5.41, 5.74) is 0. The molecule has 0 atom stereocenters. The number of nitrogens with zero attached hydrogens (tertiary/aromatic N) is 4. The summed E-state index contributed by atoms with van der Waals surface area (Å²) in [5, 5.41) is 15.5. The van der Waals surface area contributed by atoms with Crippen molar-refractivity contribution in [3.63, 3.8) is 0 Å². The second kappa shape index (κ2) is 7.81. The first-order valence-corrected chi connectivity index (χ1v) is 9.23. The van der Waals surface area contributed by atoms with E-state index in [9.17, 15) is 8.42 Å². The van der Waals surface area contributed by atoms with Crippen LogP contribution in [0.25, 0.3) is 0 Å². The molecule has 0 fully saturated rings. The Labute approximate surface area is 118 Å². The third kappa shape index (κ3) is 7.48. The first-order valence-electron chi connectivity index (χ1n) is 6.18. The third-order valence-corrected chi connectivity index (χ3v) is 4.34. The number of hydrogen-bond donors (Lipinski definition) is 1. The Morgan fingerprint density at radius 3 is 2.79 bits per heavy atom. The Hall–Kier alpha value is -0.670. The van der Waals surface area contributed by atoms with Crippen molar-refractivity contribution in [3.05, 3.63) is 0 Å². The van der Waals surface area contributed by atoms with Crippen LogP contribution in [0.4, 0.5) is 0 Å². The first kappa shape index (κ1) is 16.4. The second-order valence-electron chi connectivity index (χ2n) is 4.63. The molecule has 0 bridgehead atoms. The molecule has 7 nitrogen and oxygen atoms in total. The molecule has 19 heavy (non-hydrogen) atoms. The van der Waals surface area contributed by atoms with Gasteiger partial charge < -0.3 is 5.32 Å². The molecule has 0 aromatic carbocycles. The SMILES string of the molecule is CC(C)NCCn1nnnc1SCCCS(C)(=O)=O. The maximum Gasteiger partial charge on any atom is 0.209 e. The summed E-state index contributed by atoms with van der Waals surface area (Å²) in [6.07, 6.45) is 1.86. The molecule has 0 aliphatic rings. The topological polar surface area (TPSA) is 89.8 Å². The smallest absolute Gasteiger partial charge is 0.209 e. The van der Waals surface area contributed by atoms with Crippen molar-refractivity contribution in [2.75, 3.05) is 24.3 Å². The fourth-order valence-electron chi connectivity index (χ4n) is 1.38. The van der Waals surface area contributed by atoms with Crippen molar-refractivity contribution in [3.8, 4) is 0 Å². The fraction of sp³-hybridized carbons (Fsp3) is 0.900. The highest BCUT2D eigenvalue weighted by atomic mass is 32.2. The summed E-state index contributed by atoms with van der Waals surface area (Å²) < 4.78 is 23.7. The van der Waals surface area contributed by atoms with Gasteiger partial charge in [-0.1, -0.05) is 25.6 Å². The van der Waals surface area contributed by atoms with Crippen LogP contribution in [0, 0.1) is 0 Å². The van der Waals surface area contributed by atoms with E-state index in [2.05, 4.69) is 34.7 Å². The summed E-state index contributed by atoms with van der Waals surface area (Å²) >= 11 is 1.49. The maximum absolute atomic E-state index is 11.0. The number of sulfone groups is 1. The molecule has 0 saturated carbocycles. The molecule has 1 rings (SSSR count). The van der Waals surface area contributed by atoms with Gasteiger partial charge in [0.05, 0.1) is 12.3 Å². The van der Waals surface area contributed by atoms with Gasteiger partial charge in [0, 0.05) is 24.6 Å². The van der Waals surface area contributed by atoms with Crippen molar-refractivity contribution in [1.82, 2.24) is 25.5 Å². The molecular formula is C10H21N5O2S2. The van der Waals surface area contributed by atoms with Gasteiger partial charge in [-0.2, -0.15) is 0 Å². The lowest BCUT2D eigenvalue weighted by Crippen LogP contribution is -2.27. The highest BCUT2D eigenvalue weighted by Gasteiger charge is 2.08. The molecule has 0 spiro atoms. The van der Waals surface area contributed by atoms with E-state index in [1.807, 2.05) is 0 Å². The molecule has 0 aliphatic heterocycles. The van der Waals surface area contributed by atoms with Crippen LogP contribution in [0.15, 0.2) is 5.16 Å². The average molecular weight is 307 g/mol. The van der Waals surface area contributed by atoms with Gasteiger partial charge in [0.1, 0.15) is 9.84 Å². The van der Waals surface area contributed by atoms with Gasteiger partial charge in [-0.15, -0.1) is 5.10 Å². The number of tetrazole rings is 1. The summed E-state index contributed by atoms with van der Waals surface area (Å²) in [6.45, 7) is 5.68. The van der Waals surface area contributed by atoms with E-state index in [0.29, 0.717) is 24.8 Å². The molecular weight excluding hydrogens is 286 g/mol. The lowest BCUT2D eigenvalue weighted by atomic mass is 10.4. The van der Waals surface area contributed by atoms with E-state index < -0.39 is 9.84 Å². The van der Waals surface area contributed by atoms with Crippen LogP contribution in [-0.4, -0.2) is 59.0 Å². The monoisotopic (exact) mass is 307 g/mol. The van der Waals surface area contributed by atoms with Crippen molar-refractivity contribution < 1.29 is 8.42 Å². The van der Waals surface area contributed by atoms with Crippen LogP contribution in [-0.2, 0) is 16.4 Å². The Balaban J connectivity index is 2.32. The summed E-state index contributed by atoms with van der Waals surface area (Å²) in [5.74, 6) is 0.904. The summed E-state index contributed by atoms with van der Waals surface area (Å²) in [6, 6.07) is 0.433. The lowest BCUT2D eigenvalue weighted by Gasteiger charge is -2.08. The molecule has 1 aromatic rings. The van der Waals surface area contributed by atoms with E-state index in [1.165, 1.54) is 18.0 Å². The number of thioether (sulfide) groups is 1. The predicted octanol–water partition coefficient (Wildman–Crippen LogP) is 0.198. The molecule has 0 amide bonds. The average Bonchev–Trinajstić information content (AvgIpc) is 2.70. The van der Waals surface area contributed by atoms with Crippen molar-refractivity contribution in [2.24, 2.45) is 0 Å². The lowest BCUT2D eigenvalue weighted by molar-refractivity contribution is 0.485. The Bertz CT molecular complexity index is 472. The molecule has 9 heteroatoms. The van der Waals surface area contributed by atoms with Gasteiger partial charge >= 0.3 is 0 Å². The van der Waals surface area contributed by atoms with E-state index >= 15 is 0 Å². The first-order chi connectivity index (χ1) is 8.88. The van der Waals surface area contributed by atoms with Gasteiger partial charge in [-0.25, -0.2) is 13.1 Å². The van der Waals surface area contributed by atoms with Gasteiger partial charge in [-0.05, 0) is 16.8 Å². The van der Waals surface area contributed by atoms with Crippen LogP contribution >= 0.6 is 11.8 Å². The minimum absolute atomic E-state index is 0.205. The van der Waals surface area contributed by atoms with Gasteiger partial charge in [0.2, 0.25) is 5.16 Å². The minimum atomic E-state index is -2.88. The summed E-state index contributed by atoms with van der Waals surface area (Å²) in [4.78, 5) is 0. The number of hydrogen-bond acceptors (Lipinski definition) is 7. The predicted molar refractivity (Wildman–Crippen MR) is 76.0 cm³/mol. The number of nitrogens with one attached hydrogen (secondary N) is 1. The summed E-state index contributed by atoms with van der Waals surface area (Å²) in [7, 11) is -2.88. The van der Waals surface area contributed by atoms with Gasteiger partial charge in [-0.3, -0.25) is 0 Å². The van der Waals surface area contributed by atoms with E-state index in [4.69, 9.17) is 0 Å². The Kier molecular flexibility index (Phi) is 6.73. The normalized spacial score (nSPS) is 12.2. The molecule has 1 aromatic heterocycles. The maximum atomic E-state index is 11.0. The quantitative estimate of drug-likeness (QED) is 0.515. The standard InChI is InChI=1S/C10H21N5O2S2/c1-9(2)11-5-6-15-10(12-13-14-15)18-7-4-8-19(3,16)17/h9,11H,4-8H2,1-3H3. The van der Waals surface area contributed by atoms with Crippen molar-refractivity contribution >= 4 is 21.6 Å². The van der Waals surface area contributed by atoms with Crippen LogP contribution in [0.2, 0.25) is 0 Å².